The molecule has 0 unspecified atom stereocenters. The van der Waals surface area contributed by atoms with Gasteiger partial charge in [-0.15, -0.1) is 0 Å². The van der Waals surface area contributed by atoms with Crippen LogP contribution in [0.3, 0.4) is 0 Å². The summed E-state index contributed by atoms with van der Waals surface area (Å²) in [7, 11) is 0. The molecule has 0 spiro atoms. The largest absolute Gasteiger partial charge is 0.315 e. The van der Waals surface area contributed by atoms with Crippen LogP contribution >= 0.6 is 0 Å². The van der Waals surface area contributed by atoms with Crippen molar-refractivity contribution in [3.63, 3.8) is 0 Å². The van der Waals surface area contributed by atoms with Gasteiger partial charge in [-0.05, 0) is 19.8 Å². The molecule has 0 saturated carbocycles. The molecule has 0 atom stereocenters. The summed E-state index contributed by atoms with van der Waals surface area (Å²) in [5.74, 6) is 0.861. The van der Waals surface area contributed by atoms with Crippen LogP contribution in [0.4, 0.5) is 0 Å². The fourth-order valence-electron chi connectivity index (χ4n) is 1.65. The SMILES string of the molecule is CC1=CC=C(C2CNC2)CC1. The van der Waals surface area contributed by atoms with Crippen LogP contribution in [-0.4, -0.2) is 13.1 Å². The second-order valence-corrected chi connectivity index (χ2v) is 3.61. The fourth-order valence-corrected chi connectivity index (χ4v) is 1.65. The van der Waals surface area contributed by atoms with Crippen molar-refractivity contribution in [2.24, 2.45) is 5.92 Å². The normalized spacial score (nSPS) is 25.5. The maximum absolute atomic E-state index is 3.31. The second kappa shape index (κ2) is 2.82. The molecule has 2 rings (SSSR count). The summed E-state index contributed by atoms with van der Waals surface area (Å²) in [4.78, 5) is 0. The zero-order chi connectivity index (χ0) is 7.68. The molecular formula is C10H15N. The van der Waals surface area contributed by atoms with Gasteiger partial charge in [0.25, 0.3) is 0 Å². The Kier molecular flexibility index (Phi) is 1.82. The van der Waals surface area contributed by atoms with E-state index in [1.807, 2.05) is 0 Å². The van der Waals surface area contributed by atoms with Gasteiger partial charge in [-0.1, -0.05) is 23.3 Å². The topological polar surface area (TPSA) is 12.0 Å². The molecule has 1 aliphatic heterocycles. The summed E-state index contributed by atoms with van der Waals surface area (Å²) in [6.45, 7) is 4.63. The van der Waals surface area contributed by atoms with E-state index in [0.717, 1.165) is 5.92 Å². The maximum Gasteiger partial charge on any atom is 0.00506 e. The van der Waals surface area contributed by atoms with Gasteiger partial charge in [0.05, 0.1) is 0 Å². The average Bonchev–Trinajstić information content (AvgIpc) is 1.90. The lowest BCUT2D eigenvalue weighted by Gasteiger charge is -2.30. The van der Waals surface area contributed by atoms with E-state index in [1.165, 1.54) is 31.5 Å². The van der Waals surface area contributed by atoms with Gasteiger partial charge >= 0.3 is 0 Å². The minimum atomic E-state index is 0.861. The summed E-state index contributed by atoms with van der Waals surface area (Å²) < 4.78 is 0. The lowest BCUT2D eigenvalue weighted by molar-refractivity contribution is 0.389. The van der Waals surface area contributed by atoms with Gasteiger partial charge in [0, 0.05) is 19.0 Å². The molecule has 0 aromatic rings. The van der Waals surface area contributed by atoms with Gasteiger partial charge in [-0.2, -0.15) is 0 Å². The van der Waals surface area contributed by atoms with Crippen LogP contribution in [0.5, 0.6) is 0 Å². The van der Waals surface area contributed by atoms with Crippen LogP contribution in [0.25, 0.3) is 0 Å². The fraction of sp³-hybridized carbons (Fsp3) is 0.600. The highest BCUT2D eigenvalue weighted by Crippen LogP contribution is 2.25. The first-order chi connectivity index (χ1) is 5.36. The lowest BCUT2D eigenvalue weighted by atomic mass is 9.86. The first-order valence-corrected chi connectivity index (χ1v) is 4.43. The van der Waals surface area contributed by atoms with Gasteiger partial charge in [0.2, 0.25) is 0 Å². The molecule has 1 nitrogen and oxygen atoms in total. The van der Waals surface area contributed by atoms with Crippen molar-refractivity contribution in [3.8, 4) is 0 Å². The quantitative estimate of drug-likeness (QED) is 0.600. The molecule has 1 heteroatoms. The average molecular weight is 149 g/mol. The lowest BCUT2D eigenvalue weighted by Crippen LogP contribution is -2.43. The molecule has 0 bridgehead atoms. The first kappa shape index (κ1) is 7.11. The molecule has 60 valence electrons. The van der Waals surface area contributed by atoms with E-state index in [-0.39, 0.29) is 0 Å². The van der Waals surface area contributed by atoms with Crippen LogP contribution in [0.1, 0.15) is 19.8 Å². The van der Waals surface area contributed by atoms with E-state index in [9.17, 15) is 0 Å². The van der Waals surface area contributed by atoms with Gasteiger partial charge in [0.15, 0.2) is 0 Å². The summed E-state index contributed by atoms with van der Waals surface area (Å²) in [6.07, 6.45) is 7.18. The number of hydrogen-bond donors (Lipinski definition) is 1. The van der Waals surface area contributed by atoms with E-state index in [4.69, 9.17) is 0 Å². The Morgan fingerprint density at radius 3 is 2.55 bits per heavy atom. The molecule has 0 aromatic carbocycles. The summed E-state index contributed by atoms with van der Waals surface area (Å²) in [5.41, 5.74) is 3.19. The van der Waals surface area contributed by atoms with Crippen molar-refractivity contribution in [1.82, 2.24) is 5.32 Å². The van der Waals surface area contributed by atoms with E-state index < -0.39 is 0 Å². The summed E-state index contributed by atoms with van der Waals surface area (Å²) >= 11 is 0. The van der Waals surface area contributed by atoms with Crippen LogP contribution in [-0.2, 0) is 0 Å². The van der Waals surface area contributed by atoms with E-state index in [0.29, 0.717) is 0 Å². The Morgan fingerprint density at radius 1 is 1.27 bits per heavy atom. The third-order valence-electron chi connectivity index (χ3n) is 2.70. The molecule has 1 saturated heterocycles. The molecule has 1 N–H and O–H groups in total. The van der Waals surface area contributed by atoms with Gasteiger partial charge in [0.1, 0.15) is 0 Å². The Morgan fingerprint density at radius 2 is 2.09 bits per heavy atom. The van der Waals surface area contributed by atoms with Crippen molar-refractivity contribution in [2.45, 2.75) is 19.8 Å². The van der Waals surface area contributed by atoms with Gasteiger partial charge in [-0.3, -0.25) is 0 Å². The van der Waals surface area contributed by atoms with E-state index in [2.05, 4.69) is 24.4 Å². The smallest absolute Gasteiger partial charge is 0.00506 e. The highest BCUT2D eigenvalue weighted by molar-refractivity contribution is 5.26. The molecule has 2 aliphatic rings. The summed E-state index contributed by atoms with van der Waals surface area (Å²) in [6, 6.07) is 0. The Bertz CT molecular complexity index is 209. The zero-order valence-corrected chi connectivity index (χ0v) is 7.06. The number of hydrogen-bond acceptors (Lipinski definition) is 1. The molecule has 1 fully saturated rings. The summed E-state index contributed by atoms with van der Waals surface area (Å²) in [5, 5.41) is 3.31. The molecular weight excluding hydrogens is 134 g/mol. The minimum Gasteiger partial charge on any atom is -0.315 e. The monoisotopic (exact) mass is 149 g/mol. The van der Waals surface area contributed by atoms with E-state index in [1.54, 1.807) is 5.57 Å². The predicted molar refractivity (Wildman–Crippen MR) is 47.4 cm³/mol. The third-order valence-corrected chi connectivity index (χ3v) is 2.70. The Labute approximate surface area is 68.2 Å². The van der Waals surface area contributed by atoms with Crippen molar-refractivity contribution in [2.75, 3.05) is 13.1 Å². The molecule has 0 aromatic heterocycles. The van der Waals surface area contributed by atoms with Crippen molar-refractivity contribution in [3.05, 3.63) is 23.3 Å². The minimum absolute atomic E-state index is 0.861. The predicted octanol–water partition coefficient (Wildman–Crippen LogP) is 1.87. The Hall–Kier alpha value is -0.560. The highest BCUT2D eigenvalue weighted by Gasteiger charge is 2.21. The molecule has 0 amide bonds. The molecule has 11 heavy (non-hydrogen) atoms. The third kappa shape index (κ3) is 1.38. The highest BCUT2D eigenvalue weighted by atomic mass is 14.9. The number of rotatable bonds is 1. The zero-order valence-electron chi connectivity index (χ0n) is 7.06. The van der Waals surface area contributed by atoms with Crippen molar-refractivity contribution < 1.29 is 0 Å². The Balaban J connectivity index is 2.03. The van der Waals surface area contributed by atoms with Crippen LogP contribution in [0, 0.1) is 5.92 Å². The van der Waals surface area contributed by atoms with E-state index >= 15 is 0 Å². The molecule has 0 radical (unpaired) electrons. The van der Waals surface area contributed by atoms with Gasteiger partial charge < -0.3 is 5.32 Å². The molecule has 1 heterocycles. The molecule has 1 aliphatic carbocycles. The van der Waals surface area contributed by atoms with Crippen LogP contribution in [0.15, 0.2) is 23.3 Å². The van der Waals surface area contributed by atoms with Crippen molar-refractivity contribution >= 4 is 0 Å². The number of nitrogens with one attached hydrogen (secondary N) is 1. The van der Waals surface area contributed by atoms with Crippen molar-refractivity contribution in [1.29, 1.82) is 0 Å². The van der Waals surface area contributed by atoms with Gasteiger partial charge in [-0.25, -0.2) is 0 Å². The van der Waals surface area contributed by atoms with Crippen LogP contribution in [0.2, 0.25) is 0 Å². The standard InChI is InChI=1S/C10H15N/c1-8-2-4-9(5-3-8)10-6-11-7-10/h2,4,10-11H,3,5-7H2,1H3. The number of allylic oxidation sites excluding steroid dienone is 3. The van der Waals surface area contributed by atoms with Crippen LogP contribution < -0.4 is 5.32 Å². The second-order valence-electron chi connectivity index (χ2n) is 3.61. The maximum atomic E-state index is 3.31. The first-order valence-electron chi connectivity index (χ1n) is 4.43.